The lowest BCUT2D eigenvalue weighted by atomic mass is 10.1. The number of carbonyl (C=O) groups excluding carboxylic acids is 1. The molecule has 0 fully saturated rings. The Bertz CT molecular complexity index is 495. The van der Waals surface area contributed by atoms with Crippen LogP contribution in [0.2, 0.25) is 0 Å². The zero-order valence-corrected chi connectivity index (χ0v) is 11.7. The van der Waals surface area contributed by atoms with Crippen LogP contribution < -0.4 is 20.5 Å². The molecule has 20 heavy (non-hydrogen) atoms. The third-order valence-corrected chi connectivity index (χ3v) is 2.63. The predicted molar refractivity (Wildman–Crippen MR) is 74.3 cm³/mol. The van der Waals surface area contributed by atoms with Crippen molar-refractivity contribution >= 4 is 5.91 Å². The SMILES string of the molecule is COc1ccc([C@@H](C)N)c(OCC(=O)NCCC#N)c1. The van der Waals surface area contributed by atoms with Crippen LogP contribution in [0.5, 0.6) is 11.5 Å². The van der Waals surface area contributed by atoms with E-state index in [1.165, 1.54) is 0 Å². The van der Waals surface area contributed by atoms with Crippen molar-refractivity contribution in [3.05, 3.63) is 23.8 Å². The van der Waals surface area contributed by atoms with Gasteiger partial charge >= 0.3 is 0 Å². The monoisotopic (exact) mass is 277 g/mol. The molecule has 1 amide bonds. The lowest BCUT2D eigenvalue weighted by Crippen LogP contribution is -2.29. The van der Waals surface area contributed by atoms with Crippen LogP contribution in [0, 0.1) is 11.3 Å². The topological polar surface area (TPSA) is 97.4 Å². The van der Waals surface area contributed by atoms with E-state index in [0.29, 0.717) is 18.0 Å². The highest BCUT2D eigenvalue weighted by Gasteiger charge is 2.11. The number of nitriles is 1. The molecular weight excluding hydrogens is 258 g/mol. The van der Waals surface area contributed by atoms with Gasteiger partial charge in [-0.2, -0.15) is 5.26 Å². The Labute approximate surface area is 118 Å². The second-order valence-electron chi connectivity index (χ2n) is 4.24. The number of nitrogens with two attached hydrogens (primary N) is 1. The summed E-state index contributed by atoms with van der Waals surface area (Å²) in [6, 6.07) is 7.03. The van der Waals surface area contributed by atoms with Gasteiger partial charge in [-0.05, 0) is 13.0 Å². The minimum Gasteiger partial charge on any atom is -0.497 e. The second kappa shape index (κ2) is 8.02. The van der Waals surface area contributed by atoms with E-state index in [1.54, 1.807) is 19.2 Å². The Kier molecular flexibility index (Phi) is 6.33. The van der Waals surface area contributed by atoms with Gasteiger partial charge in [0.15, 0.2) is 6.61 Å². The summed E-state index contributed by atoms with van der Waals surface area (Å²) >= 11 is 0. The Balaban J connectivity index is 2.66. The zero-order valence-electron chi connectivity index (χ0n) is 11.7. The van der Waals surface area contributed by atoms with Crippen LogP contribution in [-0.4, -0.2) is 26.2 Å². The van der Waals surface area contributed by atoms with Gasteiger partial charge in [-0.3, -0.25) is 4.79 Å². The Morgan fingerprint density at radius 2 is 2.30 bits per heavy atom. The third-order valence-electron chi connectivity index (χ3n) is 2.63. The van der Waals surface area contributed by atoms with Gasteiger partial charge in [0.05, 0.1) is 19.6 Å². The van der Waals surface area contributed by atoms with Gasteiger partial charge in [0.1, 0.15) is 11.5 Å². The third kappa shape index (κ3) is 4.78. The van der Waals surface area contributed by atoms with Crippen LogP contribution in [0.4, 0.5) is 0 Å². The predicted octanol–water partition coefficient (Wildman–Crippen LogP) is 1.12. The first-order chi connectivity index (χ1) is 9.58. The van der Waals surface area contributed by atoms with Gasteiger partial charge in [-0.25, -0.2) is 0 Å². The lowest BCUT2D eigenvalue weighted by molar-refractivity contribution is -0.123. The molecule has 108 valence electrons. The van der Waals surface area contributed by atoms with Crippen molar-refractivity contribution in [2.45, 2.75) is 19.4 Å². The second-order valence-corrected chi connectivity index (χ2v) is 4.24. The molecule has 0 heterocycles. The minimum absolute atomic E-state index is 0.127. The van der Waals surface area contributed by atoms with Crippen molar-refractivity contribution < 1.29 is 14.3 Å². The first-order valence-corrected chi connectivity index (χ1v) is 6.28. The molecule has 0 aliphatic carbocycles. The Hall–Kier alpha value is -2.26. The van der Waals surface area contributed by atoms with Gasteiger partial charge in [0.25, 0.3) is 5.91 Å². The van der Waals surface area contributed by atoms with Gasteiger partial charge in [-0.1, -0.05) is 6.07 Å². The maximum atomic E-state index is 11.5. The number of ether oxygens (including phenoxy) is 2. The number of carbonyl (C=O) groups is 1. The summed E-state index contributed by atoms with van der Waals surface area (Å²) in [4.78, 5) is 11.5. The largest absolute Gasteiger partial charge is 0.497 e. The average Bonchev–Trinajstić information content (AvgIpc) is 2.44. The molecule has 6 nitrogen and oxygen atoms in total. The van der Waals surface area contributed by atoms with E-state index in [-0.39, 0.29) is 25.0 Å². The van der Waals surface area contributed by atoms with Crippen molar-refractivity contribution in [2.75, 3.05) is 20.3 Å². The molecule has 0 saturated carbocycles. The molecule has 1 aromatic carbocycles. The number of nitrogens with zero attached hydrogens (tertiary/aromatic N) is 1. The number of nitrogens with one attached hydrogen (secondary N) is 1. The first-order valence-electron chi connectivity index (χ1n) is 6.28. The van der Waals surface area contributed by atoms with E-state index in [2.05, 4.69) is 5.32 Å². The maximum absolute atomic E-state index is 11.5. The normalized spacial score (nSPS) is 11.3. The molecule has 3 N–H and O–H groups in total. The molecule has 0 radical (unpaired) electrons. The number of amides is 1. The average molecular weight is 277 g/mol. The highest BCUT2D eigenvalue weighted by molar-refractivity contribution is 5.77. The number of rotatable bonds is 7. The van der Waals surface area contributed by atoms with Gasteiger partial charge in [0.2, 0.25) is 0 Å². The van der Waals surface area contributed by atoms with Crippen LogP contribution in [-0.2, 0) is 4.79 Å². The van der Waals surface area contributed by atoms with Crippen LogP contribution in [0.15, 0.2) is 18.2 Å². The summed E-state index contributed by atoms with van der Waals surface area (Å²) in [6.07, 6.45) is 0.274. The van der Waals surface area contributed by atoms with Gasteiger partial charge in [0, 0.05) is 24.2 Å². The van der Waals surface area contributed by atoms with Crippen molar-refractivity contribution in [3.63, 3.8) is 0 Å². The fourth-order valence-corrected chi connectivity index (χ4v) is 1.59. The fraction of sp³-hybridized carbons (Fsp3) is 0.429. The molecule has 1 atom stereocenters. The Morgan fingerprint density at radius 1 is 1.55 bits per heavy atom. The van der Waals surface area contributed by atoms with Gasteiger partial charge in [-0.15, -0.1) is 0 Å². The number of methoxy groups -OCH3 is 1. The van der Waals surface area contributed by atoms with Crippen LogP contribution in [0.3, 0.4) is 0 Å². The van der Waals surface area contributed by atoms with Crippen molar-refractivity contribution in [2.24, 2.45) is 5.73 Å². The molecular formula is C14H19N3O3. The number of hydrogen-bond donors (Lipinski definition) is 2. The minimum atomic E-state index is -0.279. The van der Waals surface area contributed by atoms with Gasteiger partial charge < -0.3 is 20.5 Å². The summed E-state index contributed by atoms with van der Waals surface area (Å²) in [6.45, 7) is 2.02. The van der Waals surface area contributed by atoms with Crippen LogP contribution in [0.1, 0.15) is 24.9 Å². The lowest BCUT2D eigenvalue weighted by Gasteiger charge is -2.15. The standard InChI is InChI=1S/C14H19N3O3/c1-10(16)12-5-4-11(19-2)8-13(12)20-9-14(18)17-7-3-6-15/h4-5,8,10H,3,7,9,16H2,1-2H3,(H,17,18)/t10-/m1/s1. The van der Waals surface area contributed by atoms with E-state index in [9.17, 15) is 4.79 Å². The molecule has 0 saturated heterocycles. The van der Waals surface area contributed by atoms with Crippen molar-refractivity contribution in [1.29, 1.82) is 5.26 Å². The first kappa shape index (κ1) is 15.8. The summed E-state index contributed by atoms with van der Waals surface area (Å²) in [5.41, 5.74) is 6.65. The number of benzene rings is 1. The van der Waals surface area contributed by atoms with E-state index in [1.807, 2.05) is 19.1 Å². The maximum Gasteiger partial charge on any atom is 0.257 e. The summed E-state index contributed by atoms with van der Waals surface area (Å²) in [7, 11) is 1.55. The molecule has 0 bridgehead atoms. The molecule has 0 aliphatic heterocycles. The summed E-state index contributed by atoms with van der Waals surface area (Å²) in [5.74, 6) is 0.878. The highest BCUT2D eigenvalue weighted by Crippen LogP contribution is 2.28. The highest BCUT2D eigenvalue weighted by atomic mass is 16.5. The van der Waals surface area contributed by atoms with Crippen molar-refractivity contribution in [1.82, 2.24) is 5.32 Å². The summed E-state index contributed by atoms with van der Waals surface area (Å²) in [5, 5.41) is 11.0. The molecule has 0 spiro atoms. The molecule has 0 aromatic heterocycles. The van der Waals surface area contributed by atoms with E-state index < -0.39 is 0 Å². The van der Waals surface area contributed by atoms with E-state index >= 15 is 0 Å². The smallest absolute Gasteiger partial charge is 0.257 e. The molecule has 6 heteroatoms. The molecule has 0 aliphatic rings. The molecule has 1 rings (SSSR count). The van der Waals surface area contributed by atoms with E-state index in [4.69, 9.17) is 20.5 Å². The quantitative estimate of drug-likeness (QED) is 0.728. The fourth-order valence-electron chi connectivity index (χ4n) is 1.59. The molecule has 1 aromatic rings. The molecule has 0 unspecified atom stereocenters. The number of hydrogen-bond acceptors (Lipinski definition) is 5. The van der Waals surface area contributed by atoms with Crippen LogP contribution in [0.25, 0.3) is 0 Å². The zero-order chi connectivity index (χ0) is 15.0. The Morgan fingerprint density at radius 3 is 2.90 bits per heavy atom. The summed E-state index contributed by atoms with van der Waals surface area (Å²) < 4.78 is 10.6. The van der Waals surface area contributed by atoms with Crippen LogP contribution >= 0.6 is 0 Å². The van der Waals surface area contributed by atoms with E-state index in [0.717, 1.165) is 5.56 Å². The van der Waals surface area contributed by atoms with Crippen molar-refractivity contribution in [3.8, 4) is 17.6 Å².